The smallest absolute Gasteiger partial charge is 0.151 e. The molecule has 3 aromatic heterocycles. The van der Waals surface area contributed by atoms with Gasteiger partial charge in [-0.1, -0.05) is 193 Å². The molecule has 0 amide bonds. The summed E-state index contributed by atoms with van der Waals surface area (Å²) in [7, 11) is 0. The first-order valence-corrected chi connectivity index (χ1v) is 33.3. The molecule has 0 N–H and O–H groups in total. The number of rotatable bonds is 6. The first kappa shape index (κ1) is 54.7. The summed E-state index contributed by atoms with van der Waals surface area (Å²) in [6.45, 7) is 13.7. The lowest BCUT2D eigenvalue weighted by atomic mass is 9.64. The Bertz CT molecular complexity index is 6170. The number of furan rings is 3. The number of ether oxygens (including phenoxy) is 1. The third kappa shape index (κ3) is 7.65. The summed E-state index contributed by atoms with van der Waals surface area (Å²) >= 11 is 0. The molecule has 20 rings (SSSR count). The van der Waals surface area contributed by atoms with Crippen LogP contribution < -0.4 is 19.4 Å². The van der Waals surface area contributed by atoms with Crippen LogP contribution in [0.15, 0.2) is 286 Å². The first-order chi connectivity index (χ1) is 46.8. The first-order valence-electron chi connectivity index (χ1n) is 33.3. The molecule has 458 valence electrons. The zero-order valence-corrected chi connectivity index (χ0v) is 54.0. The second-order valence-electron chi connectivity index (χ2n) is 28.3. The van der Waals surface area contributed by atoms with E-state index in [1.165, 1.54) is 11.1 Å². The van der Waals surface area contributed by atoms with Gasteiger partial charge < -0.3 is 32.7 Å². The summed E-state index contributed by atoms with van der Waals surface area (Å²) in [6.07, 6.45) is 0. The second kappa shape index (κ2) is 19.6. The molecular formula is C89H63N3O4. The van der Waals surface area contributed by atoms with E-state index in [9.17, 15) is 0 Å². The monoisotopic (exact) mass is 1240 g/mol. The highest BCUT2D eigenvalue weighted by molar-refractivity contribution is 6.21. The Morgan fingerprint density at radius 3 is 1.49 bits per heavy atom. The van der Waals surface area contributed by atoms with E-state index in [1.54, 1.807) is 0 Å². The van der Waals surface area contributed by atoms with E-state index >= 15 is 0 Å². The molecule has 7 nitrogen and oxygen atoms in total. The normalized spacial score (nSPS) is 14.7. The topological polar surface area (TPSA) is 58.4 Å². The van der Waals surface area contributed by atoms with E-state index in [2.05, 4.69) is 329 Å². The van der Waals surface area contributed by atoms with Crippen LogP contribution in [0.5, 0.6) is 11.5 Å². The van der Waals surface area contributed by atoms with Crippen molar-refractivity contribution in [3.63, 3.8) is 0 Å². The van der Waals surface area contributed by atoms with E-state index in [0.717, 1.165) is 183 Å². The van der Waals surface area contributed by atoms with Gasteiger partial charge in [0.15, 0.2) is 11.5 Å². The molecule has 0 radical (unpaired) electrons. The van der Waals surface area contributed by atoms with Gasteiger partial charge in [0, 0.05) is 83.8 Å². The Balaban J connectivity index is 0.895. The van der Waals surface area contributed by atoms with Gasteiger partial charge in [-0.15, -0.1) is 0 Å². The fraction of sp³-hybridized carbons (Fsp3) is 0.101. The summed E-state index contributed by atoms with van der Waals surface area (Å²) in [5.41, 5.74) is 21.9. The van der Waals surface area contributed by atoms with E-state index in [0.29, 0.717) is 0 Å². The summed E-state index contributed by atoms with van der Waals surface area (Å²) in [5.74, 6) is 1.59. The van der Waals surface area contributed by atoms with Gasteiger partial charge in [-0.25, -0.2) is 0 Å². The Morgan fingerprint density at radius 1 is 0.333 bits per heavy atom. The molecule has 0 saturated heterocycles. The average molecular weight is 1240 g/mol. The molecule has 0 bridgehead atoms. The number of fused-ring (bicyclic) bond motifs is 25. The quantitative estimate of drug-likeness (QED) is 0.164. The van der Waals surface area contributed by atoms with Crippen molar-refractivity contribution >= 4 is 139 Å². The lowest BCUT2D eigenvalue weighted by Gasteiger charge is -2.47. The van der Waals surface area contributed by atoms with Gasteiger partial charge in [-0.3, -0.25) is 0 Å². The summed E-state index contributed by atoms with van der Waals surface area (Å²) in [5, 5.41) is 10.8. The minimum Gasteiger partial charge on any atom is -0.455 e. The lowest BCUT2D eigenvalue weighted by molar-refractivity contribution is 0.473. The zero-order valence-electron chi connectivity index (χ0n) is 54.0. The van der Waals surface area contributed by atoms with Crippen LogP contribution in [0, 0.1) is 0 Å². The molecular weight excluding hydrogens is 1170 g/mol. The summed E-state index contributed by atoms with van der Waals surface area (Å²) in [6, 6.07) is 99.9. The third-order valence-electron chi connectivity index (χ3n) is 20.9. The van der Waals surface area contributed by atoms with Crippen LogP contribution in [0.4, 0.5) is 51.2 Å². The number of hydrogen-bond acceptors (Lipinski definition) is 7. The predicted molar refractivity (Wildman–Crippen MR) is 396 cm³/mol. The molecule has 7 heteroatoms. The molecule has 3 aliphatic rings. The molecule has 1 spiro atoms. The highest BCUT2D eigenvalue weighted by Crippen LogP contribution is 2.69. The Labute approximate surface area is 554 Å². The van der Waals surface area contributed by atoms with Gasteiger partial charge in [0.25, 0.3) is 0 Å². The molecule has 96 heavy (non-hydrogen) atoms. The van der Waals surface area contributed by atoms with Crippen molar-refractivity contribution in [2.24, 2.45) is 0 Å². The number of anilines is 9. The maximum absolute atomic E-state index is 7.61. The van der Waals surface area contributed by atoms with Crippen molar-refractivity contribution in [1.82, 2.24) is 0 Å². The Hall–Kier alpha value is -11.8. The van der Waals surface area contributed by atoms with Gasteiger partial charge in [0.1, 0.15) is 33.5 Å². The Morgan fingerprint density at radius 2 is 0.833 bits per heavy atom. The fourth-order valence-corrected chi connectivity index (χ4v) is 16.4. The van der Waals surface area contributed by atoms with Gasteiger partial charge in [0.05, 0.1) is 33.6 Å². The SMILES string of the molecule is CC(C)(C)c1ccc(N(c2ccc3c(c2)C2(c4ccccc4N4c5ccccc5Oc5cccc2c54)c2cc(N(c4ccc(C(C)(C)C)cc4)c4ccc5c(c4)oc4c6ccccc6ccc54)c4c(oc5ccccc54)c2-3)c2ccc3c(c2)oc2c4ccccc4ccc32)cc1. The third-order valence-corrected chi connectivity index (χ3v) is 20.9. The van der Waals surface area contributed by atoms with Crippen molar-refractivity contribution in [2.75, 3.05) is 14.7 Å². The molecule has 0 fully saturated rings. The lowest BCUT2D eigenvalue weighted by Crippen LogP contribution is -2.37. The average Bonchev–Trinajstić information content (AvgIpc) is 0.864. The second-order valence-corrected chi connectivity index (χ2v) is 28.3. The van der Waals surface area contributed by atoms with Gasteiger partial charge in [0.2, 0.25) is 0 Å². The minimum atomic E-state index is -0.992. The van der Waals surface area contributed by atoms with Crippen molar-refractivity contribution < 1.29 is 18.0 Å². The molecule has 2 aliphatic heterocycles. The van der Waals surface area contributed by atoms with E-state index in [1.807, 2.05) is 0 Å². The molecule has 5 heterocycles. The van der Waals surface area contributed by atoms with Crippen LogP contribution in [0.2, 0.25) is 0 Å². The van der Waals surface area contributed by atoms with Crippen molar-refractivity contribution in [2.45, 2.75) is 57.8 Å². The molecule has 14 aromatic carbocycles. The van der Waals surface area contributed by atoms with Crippen LogP contribution in [0.3, 0.4) is 0 Å². The number of benzene rings is 14. The molecule has 1 unspecified atom stereocenters. The molecule has 17 aromatic rings. The Kier molecular flexibility index (Phi) is 11.2. The van der Waals surface area contributed by atoms with Crippen LogP contribution in [-0.4, -0.2) is 0 Å². The standard InChI is InChI=1S/C89H63N3O4/c1-87(2,3)54-32-36-56(37-33-54)90(59-40-45-63-65-43-30-52-18-7-9-20-61(52)84(65)95-79(63)49-59)58-42-47-67-71(48-58)89(69-23-12-13-25-73(69)92-74-26-14-16-28-77(74)93-78-29-17-24-70(89)83(78)92)72-51-75(82-68-22-11-15-27-76(68)94-86(82)81(67)72)91(57-38-34-55(35-39-57)88(4,5)6)60-41-46-64-66-44-31-53-19-8-10-21-62(53)85(66)96-80(64)50-60/h7-51H,1-6H3. The highest BCUT2D eigenvalue weighted by atomic mass is 16.5. The van der Waals surface area contributed by atoms with Gasteiger partial charge in [-0.05, 0) is 170 Å². The van der Waals surface area contributed by atoms with E-state index in [4.69, 9.17) is 18.0 Å². The fourth-order valence-electron chi connectivity index (χ4n) is 16.4. The van der Waals surface area contributed by atoms with Crippen LogP contribution in [0.25, 0.3) is 98.5 Å². The molecule has 1 atom stereocenters. The maximum atomic E-state index is 7.61. The van der Waals surface area contributed by atoms with Gasteiger partial charge >= 0.3 is 0 Å². The minimum absolute atomic E-state index is 0.0613. The summed E-state index contributed by atoms with van der Waals surface area (Å²) < 4.78 is 28.8. The van der Waals surface area contributed by atoms with Crippen molar-refractivity contribution in [3.8, 4) is 22.6 Å². The van der Waals surface area contributed by atoms with Crippen molar-refractivity contribution in [3.05, 3.63) is 306 Å². The maximum Gasteiger partial charge on any atom is 0.151 e. The summed E-state index contributed by atoms with van der Waals surface area (Å²) in [4.78, 5) is 7.30. The van der Waals surface area contributed by atoms with Crippen LogP contribution in [-0.2, 0) is 16.2 Å². The van der Waals surface area contributed by atoms with Gasteiger partial charge in [-0.2, -0.15) is 0 Å². The molecule has 0 saturated carbocycles. The highest BCUT2D eigenvalue weighted by Gasteiger charge is 2.55. The van der Waals surface area contributed by atoms with E-state index in [-0.39, 0.29) is 10.8 Å². The largest absolute Gasteiger partial charge is 0.455 e. The van der Waals surface area contributed by atoms with Crippen LogP contribution >= 0.6 is 0 Å². The van der Waals surface area contributed by atoms with Crippen LogP contribution in [0.1, 0.15) is 74.9 Å². The predicted octanol–water partition coefficient (Wildman–Crippen LogP) is 25.5. The number of nitrogens with zero attached hydrogens (tertiary/aromatic N) is 3. The van der Waals surface area contributed by atoms with E-state index < -0.39 is 5.41 Å². The van der Waals surface area contributed by atoms with Crippen molar-refractivity contribution in [1.29, 1.82) is 0 Å². The molecule has 1 aliphatic carbocycles. The number of hydrogen-bond donors (Lipinski definition) is 0. The zero-order chi connectivity index (χ0) is 64.1. The number of para-hydroxylation sites is 5.